The number of nitrogens with zero attached hydrogens (tertiary/aromatic N) is 4. The summed E-state index contributed by atoms with van der Waals surface area (Å²) < 4.78 is 29.8. The average molecular weight is 691 g/mol. The van der Waals surface area contributed by atoms with Gasteiger partial charge in [-0.15, -0.1) is 0 Å². The van der Waals surface area contributed by atoms with Crippen LogP contribution in [0.4, 0.5) is 11.4 Å². The maximum Gasteiger partial charge on any atom is 0.337 e. The molecule has 0 fully saturated rings. The van der Waals surface area contributed by atoms with E-state index < -0.39 is 38.8 Å². The number of aromatic nitrogens is 1. The standard InChI is InChI=1S/C33H30N4O11S/c1-5-45-25-12-9-20(16-28(25)47-7-3)30-22(32(39)44-4)18-34-33-35(30)31(38)29(49-33)15-19-8-11-26(27(14-19)46-6-2)48-24-13-10-21(36(40)41)17-23(24)37(42)43/h8-18,30H,5-7H2,1-4H3/b29-15+/t30-/m0/s1. The molecule has 0 saturated carbocycles. The SMILES string of the molecule is CCOc1ccc([C@H]2C(C(=O)OC)=CN=c3s/c(=C/c4ccc(Oc5ccc([N+](=O)[O-])cc5[N+](=O)[O-])c(OCC)c4)c(=O)n32)cc1OCC. The van der Waals surface area contributed by atoms with Crippen molar-refractivity contribution in [1.82, 2.24) is 4.57 Å². The van der Waals surface area contributed by atoms with Crippen molar-refractivity contribution in [2.75, 3.05) is 26.9 Å². The van der Waals surface area contributed by atoms with Gasteiger partial charge in [0.05, 0.1) is 59.0 Å². The van der Waals surface area contributed by atoms with E-state index in [9.17, 15) is 29.8 Å². The topological polar surface area (TPSA) is 184 Å². The van der Waals surface area contributed by atoms with Gasteiger partial charge < -0.3 is 23.7 Å². The molecule has 15 nitrogen and oxygen atoms in total. The van der Waals surface area contributed by atoms with Gasteiger partial charge in [-0.05, 0) is 68.3 Å². The van der Waals surface area contributed by atoms with Crippen molar-refractivity contribution in [3.8, 4) is 28.7 Å². The number of carbonyl (C=O) groups excluding carboxylic acids is 1. The molecule has 5 rings (SSSR count). The van der Waals surface area contributed by atoms with Crippen molar-refractivity contribution >= 4 is 34.8 Å². The molecule has 2 heterocycles. The number of carbonyl (C=O) groups is 1. The average Bonchev–Trinajstić information content (AvgIpc) is 3.40. The van der Waals surface area contributed by atoms with Gasteiger partial charge in [-0.1, -0.05) is 23.5 Å². The Hall–Kier alpha value is -6.03. The van der Waals surface area contributed by atoms with Crippen molar-refractivity contribution in [3.05, 3.63) is 117 Å². The van der Waals surface area contributed by atoms with Crippen LogP contribution in [0.3, 0.4) is 0 Å². The molecule has 49 heavy (non-hydrogen) atoms. The second-order valence-corrected chi connectivity index (χ2v) is 11.2. The second-order valence-electron chi connectivity index (χ2n) is 10.2. The van der Waals surface area contributed by atoms with Crippen molar-refractivity contribution < 1.29 is 38.3 Å². The van der Waals surface area contributed by atoms with Crippen LogP contribution in [0.15, 0.2) is 76.2 Å². The Morgan fingerprint density at radius 2 is 1.53 bits per heavy atom. The van der Waals surface area contributed by atoms with Gasteiger partial charge in [-0.3, -0.25) is 29.6 Å². The minimum atomic E-state index is -0.881. The molecule has 0 bridgehead atoms. The first-order valence-electron chi connectivity index (χ1n) is 15.0. The summed E-state index contributed by atoms with van der Waals surface area (Å²) >= 11 is 1.11. The van der Waals surface area contributed by atoms with E-state index in [1.807, 2.05) is 13.8 Å². The van der Waals surface area contributed by atoms with Gasteiger partial charge in [-0.2, -0.15) is 0 Å². The van der Waals surface area contributed by atoms with Crippen LogP contribution in [0.5, 0.6) is 28.7 Å². The minimum Gasteiger partial charge on any atom is -0.490 e. The van der Waals surface area contributed by atoms with E-state index in [4.69, 9.17) is 23.7 Å². The predicted octanol–water partition coefficient (Wildman–Crippen LogP) is 4.82. The van der Waals surface area contributed by atoms with E-state index >= 15 is 0 Å². The number of fused-ring (bicyclic) bond motifs is 1. The number of non-ortho nitro benzene ring substituents is 1. The maximum atomic E-state index is 14.0. The summed E-state index contributed by atoms with van der Waals surface area (Å²) in [5.74, 6) is 0.418. The summed E-state index contributed by atoms with van der Waals surface area (Å²) in [6, 6.07) is 12.1. The number of methoxy groups -OCH3 is 1. The fraction of sp³-hybridized carbons (Fsp3) is 0.242. The molecule has 1 atom stereocenters. The lowest BCUT2D eigenvalue weighted by atomic mass is 9.97. The van der Waals surface area contributed by atoms with Gasteiger partial charge in [0.15, 0.2) is 27.8 Å². The molecule has 254 valence electrons. The fourth-order valence-corrected chi connectivity index (χ4v) is 6.04. The molecule has 0 saturated heterocycles. The first-order chi connectivity index (χ1) is 23.6. The van der Waals surface area contributed by atoms with Crippen LogP contribution in [0.1, 0.15) is 37.9 Å². The van der Waals surface area contributed by atoms with E-state index in [0.29, 0.717) is 45.2 Å². The summed E-state index contributed by atoms with van der Waals surface area (Å²) in [5, 5.41) is 22.8. The monoisotopic (exact) mass is 690 g/mol. The molecule has 1 aliphatic rings. The van der Waals surface area contributed by atoms with E-state index in [-0.39, 0.29) is 29.4 Å². The second kappa shape index (κ2) is 14.8. The van der Waals surface area contributed by atoms with Crippen LogP contribution in [-0.2, 0) is 9.53 Å². The molecule has 0 spiro atoms. The van der Waals surface area contributed by atoms with Gasteiger partial charge in [0.2, 0.25) is 5.75 Å². The van der Waals surface area contributed by atoms with Crippen LogP contribution >= 0.6 is 11.3 Å². The van der Waals surface area contributed by atoms with Crippen molar-refractivity contribution in [2.45, 2.75) is 26.8 Å². The molecule has 0 radical (unpaired) electrons. The highest BCUT2D eigenvalue weighted by Gasteiger charge is 2.31. The molecule has 4 aromatic rings. The van der Waals surface area contributed by atoms with Gasteiger partial charge in [0.25, 0.3) is 11.2 Å². The fourth-order valence-electron chi connectivity index (χ4n) is 5.07. The lowest BCUT2D eigenvalue weighted by molar-refractivity contribution is -0.394. The third kappa shape index (κ3) is 7.13. The number of ether oxygens (including phenoxy) is 5. The third-order valence-electron chi connectivity index (χ3n) is 7.14. The van der Waals surface area contributed by atoms with Crippen molar-refractivity contribution in [2.24, 2.45) is 4.99 Å². The summed E-state index contributed by atoms with van der Waals surface area (Å²) in [6.07, 6.45) is 3.01. The van der Waals surface area contributed by atoms with Gasteiger partial charge in [0.1, 0.15) is 0 Å². The molecule has 16 heteroatoms. The number of hydrogen-bond donors (Lipinski definition) is 0. The normalized spacial score (nSPS) is 13.8. The first-order valence-corrected chi connectivity index (χ1v) is 15.8. The van der Waals surface area contributed by atoms with Crippen LogP contribution in [0, 0.1) is 20.2 Å². The molecular weight excluding hydrogens is 660 g/mol. The molecule has 1 aliphatic heterocycles. The molecular formula is C33H30N4O11S. The molecule has 0 amide bonds. The van der Waals surface area contributed by atoms with Crippen molar-refractivity contribution in [3.63, 3.8) is 0 Å². The maximum absolute atomic E-state index is 14.0. The Morgan fingerprint density at radius 1 is 0.878 bits per heavy atom. The van der Waals surface area contributed by atoms with Crippen LogP contribution in [0.2, 0.25) is 0 Å². The number of nitro benzene ring substituents is 2. The van der Waals surface area contributed by atoms with Crippen LogP contribution < -0.4 is 33.8 Å². The quantitative estimate of drug-likeness (QED) is 0.106. The van der Waals surface area contributed by atoms with Crippen molar-refractivity contribution in [1.29, 1.82) is 0 Å². The lowest BCUT2D eigenvalue weighted by Crippen LogP contribution is -2.39. The largest absolute Gasteiger partial charge is 0.490 e. The van der Waals surface area contributed by atoms with Crippen LogP contribution in [-0.4, -0.2) is 47.3 Å². The van der Waals surface area contributed by atoms with Crippen LogP contribution in [0.25, 0.3) is 6.08 Å². The highest BCUT2D eigenvalue weighted by Crippen LogP contribution is 2.39. The van der Waals surface area contributed by atoms with Gasteiger partial charge >= 0.3 is 11.7 Å². The molecule has 0 aliphatic carbocycles. The van der Waals surface area contributed by atoms with E-state index in [2.05, 4.69) is 4.99 Å². The third-order valence-corrected chi connectivity index (χ3v) is 8.14. The van der Waals surface area contributed by atoms with Gasteiger partial charge in [0, 0.05) is 12.3 Å². The lowest BCUT2D eigenvalue weighted by Gasteiger charge is -2.23. The van der Waals surface area contributed by atoms with Gasteiger partial charge in [-0.25, -0.2) is 9.79 Å². The molecule has 1 aromatic heterocycles. The first kappa shape index (κ1) is 34.3. The highest BCUT2D eigenvalue weighted by molar-refractivity contribution is 7.07. The summed E-state index contributed by atoms with van der Waals surface area (Å²) in [6.45, 7) is 6.41. The van der Waals surface area contributed by atoms with E-state index in [1.54, 1.807) is 43.3 Å². The smallest absolute Gasteiger partial charge is 0.337 e. The Balaban J connectivity index is 1.58. The number of esters is 1. The molecule has 0 N–H and O–H groups in total. The number of benzene rings is 3. The Labute approximate surface area is 282 Å². The number of thiazole rings is 1. The Bertz CT molecular complexity index is 2160. The Kier molecular flexibility index (Phi) is 10.4. The Morgan fingerprint density at radius 3 is 2.18 bits per heavy atom. The highest BCUT2D eigenvalue weighted by atomic mass is 32.1. The molecule has 0 unspecified atom stereocenters. The number of hydrogen-bond acceptors (Lipinski definition) is 13. The predicted molar refractivity (Wildman–Crippen MR) is 177 cm³/mol. The summed E-state index contributed by atoms with van der Waals surface area (Å²) in [5.41, 5.74) is -0.222. The minimum absolute atomic E-state index is 0.112. The summed E-state index contributed by atoms with van der Waals surface area (Å²) in [7, 11) is 1.25. The number of nitro groups is 2. The molecule has 3 aromatic carbocycles. The zero-order chi connectivity index (χ0) is 35.2. The zero-order valence-corrected chi connectivity index (χ0v) is 27.6. The number of rotatable bonds is 13. The summed E-state index contributed by atoms with van der Waals surface area (Å²) in [4.78, 5) is 52.9. The van der Waals surface area contributed by atoms with E-state index in [1.165, 1.54) is 23.9 Å². The van der Waals surface area contributed by atoms with E-state index in [0.717, 1.165) is 29.5 Å². The zero-order valence-electron chi connectivity index (χ0n) is 26.7.